The first-order valence-electron chi connectivity index (χ1n) is 7.48. The Morgan fingerprint density at radius 1 is 1.04 bits per heavy atom. The van der Waals surface area contributed by atoms with Crippen LogP contribution in [0.2, 0.25) is 0 Å². The first-order valence-corrected chi connectivity index (χ1v) is 8.97. The van der Waals surface area contributed by atoms with Gasteiger partial charge in [-0.15, -0.1) is 0 Å². The van der Waals surface area contributed by atoms with E-state index in [1.54, 1.807) is 30.3 Å². The lowest BCUT2D eigenvalue weighted by Gasteiger charge is -2.32. The number of rotatable bonds is 1. The van der Waals surface area contributed by atoms with E-state index in [1.165, 1.54) is 0 Å². The van der Waals surface area contributed by atoms with Gasteiger partial charge in [-0.2, -0.15) is 0 Å². The molecule has 2 aromatic rings. The molecule has 0 unspecified atom stereocenters. The summed E-state index contributed by atoms with van der Waals surface area (Å²) < 4.78 is 26.0. The van der Waals surface area contributed by atoms with E-state index in [-0.39, 0.29) is 9.80 Å². The molecule has 0 N–H and O–H groups in total. The highest BCUT2D eigenvalue weighted by atomic mass is 32.2. The minimum absolute atomic E-state index is 0.145. The van der Waals surface area contributed by atoms with Crippen LogP contribution in [0.15, 0.2) is 76.2 Å². The number of benzene rings is 2. The summed E-state index contributed by atoms with van der Waals surface area (Å²) in [6.45, 7) is 0. The smallest absolute Gasteiger partial charge is 0.218 e. The van der Waals surface area contributed by atoms with E-state index in [0.29, 0.717) is 23.3 Å². The molecular weight excluding hydrogens is 317 g/mol. The molecule has 3 nitrogen and oxygen atoms in total. The van der Waals surface area contributed by atoms with Gasteiger partial charge in [-0.1, -0.05) is 47.6 Å². The predicted octanol–water partition coefficient (Wildman–Crippen LogP) is 2.58. The van der Waals surface area contributed by atoms with Crippen LogP contribution in [-0.2, 0) is 9.84 Å². The largest absolute Gasteiger partial charge is 0.307 e. The zero-order valence-electron chi connectivity index (χ0n) is 12.7. The van der Waals surface area contributed by atoms with Crippen LogP contribution in [0.25, 0.3) is 0 Å². The molecule has 0 amide bonds. The molecule has 1 heterocycles. The SMILES string of the molecule is [B]c1ccc(N2C3=C(C#CCC=C3)S(=O)(=O)c3ccccc32)cc1. The fourth-order valence-electron chi connectivity index (χ4n) is 2.89. The van der Waals surface area contributed by atoms with Crippen molar-refractivity contribution >= 4 is 34.5 Å². The molecular formula is C19H12BNO2S. The minimum atomic E-state index is -3.63. The normalized spacial score (nSPS) is 17.4. The Hall–Kier alpha value is -2.71. The standard InChI is InChI=1S/C19H12BNO2S/c20-14-10-12-15(13-11-14)21-16-6-2-1-3-8-18(16)24(22,23)19-9-5-4-7-17(19)21/h2,4-7,9-13H,1H2. The van der Waals surface area contributed by atoms with Gasteiger partial charge in [-0.3, -0.25) is 0 Å². The van der Waals surface area contributed by atoms with E-state index in [4.69, 9.17) is 7.85 Å². The van der Waals surface area contributed by atoms with E-state index in [9.17, 15) is 8.42 Å². The van der Waals surface area contributed by atoms with Crippen LogP contribution in [0, 0.1) is 11.8 Å². The summed E-state index contributed by atoms with van der Waals surface area (Å²) in [5.74, 6) is 5.73. The van der Waals surface area contributed by atoms with Crippen molar-refractivity contribution in [3.63, 3.8) is 0 Å². The quantitative estimate of drug-likeness (QED) is 0.596. The number of para-hydroxylation sites is 1. The second kappa shape index (κ2) is 5.43. The fraction of sp³-hybridized carbons (Fsp3) is 0.0526. The molecule has 0 saturated carbocycles. The highest BCUT2D eigenvalue weighted by molar-refractivity contribution is 7.95. The van der Waals surface area contributed by atoms with Crippen LogP contribution in [0.3, 0.4) is 0 Å². The molecule has 0 bridgehead atoms. The Morgan fingerprint density at radius 3 is 2.58 bits per heavy atom. The maximum absolute atomic E-state index is 13.0. The number of fused-ring (bicyclic) bond motifs is 1. The Morgan fingerprint density at radius 2 is 1.79 bits per heavy atom. The summed E-state index contributed by atoms with van der Waals surface area (Å²) in [5.41, 5.74) is 2.69. The summed E-state index contributed by atoms with van der Waals surface area (Å²) in [5, 5.41) is 0. The van der Waals surface area contributed by atoms with E-state index in [2.05, 4.69) is 11.8 Å². The molecule has 4 rings (SSSR count). The van der Waals surface area contributed by atoms with Crippen molar-refractivity contribution in [3.05, 3.63) is 71.3 Å². The molecule has 0 atom stereocenters. The number of nitrogens with zero attached hydrogens (tertiary/aromatic N) is 1. The zero-order chi connectivity index (χ0) is 16.7. The van der Waals surface area contributed by atoms with Crippen molar-refractivity contribution in [3.8, 4) is 11.8 Å². The van der Waals surface area contributed by atoms with Gasteiger partial charge in [0.1, 0.15) is 12.8 Å². The van der Waals surface area contributed by atoms with E-state index in [0.717, 1.165) is 5.69 Å². The Bertz CT molecular complexity index is 1050. The molecule has 2 radical (unpaired) electrons. The predicted molar refractivity (Wildman–Crippen MR) is 96.2 cm³/mol. The van der Waals surface area contributed by atoms with Gasteiger partial charge >= 0.3 is 0 Å². The molecule has 5 heteroatoms. The molecule has 114 valence electrons. The third kappa shape index (κ3) is 2.19. The molecule has 0 saturated heterocycles. The summed E-state index contributed by atoms with van der Waals surface area (Å²) >= 11 is 0. The number of hydrogen-bond donors (Lipinski definition) is 0. The van der Waals surface area contributed by atoms with Crippen molar-refractivity contribution in [2.75, 3.05) is 4.90 Å². The Kier molecular flexibility index (Phi) is 3.36. The van der Waals surface area contributed by atoms with Crippen LogP contribution in [0.4, 0.5) is 11.4 Å². The number of hydrogen-bond acceptors (Lipinski definition) is 3. The van der Waals surface area contributed by atoms with E-state index in [1.807, 2.05) is 35.3 Å². The highest BCUT2D eigenvalue weighted by Gasteiger charge is 2.35. The Labute approximate surface area is 142 Å². The average Bonchev–Trinajstić information content (AvgIpc) is 2.83. The van der Waals surface area contributed by atoms with Crippen LogP contribution in [0.5, 0.6) is 0 Å². The molecule has 0 spiro atoms. The summed E-state index contributed by atoms with van der Waals surface area (Å²) in [6, 6.07) is 14.3. The minimum Gasteiger partial charge on any atom is -0.307 e. The summed E-state index contributed by atoms with van der Waals surface area (Å²) in [7, 11) is 2.16. The van der Waals surface area contributed by atoms with Gasteiger partial charge in [0.05, 0.1) is 16.3 Å². The molecule has 1 aliphatic heterocycles. The van der Waals surface area contributed by atoms with Gasteiger partial charge in [0.2, 0.25) is 9.84 Å². The van der Waals surface area contributed by atoms with Gasteiger partial charge in [0.15, 0.2) is 0 Å². The highest BCUT2D eigenvalue weighted by Crippen LogP contribution is 2.43. The second-order valence-corrected chi connectivity index (χ2v) is 7.38. The molecule has 2 aliphatic rings. The lowest BCUT2D eigenvalue weighted by atomic mass is 9.96. The van der Waals surface area contributed by atoms with Crippen LogP contribution >= 0.6 is 0 Å². The van der Waals surface area contributed by atoms with Crippen molar-refractivity contribution < 1.29 is 8.42 Å². The van der Waals surface area contributed by atoms with Crippen molar-refractivity contribution in [1.29, 1.82) is 0 Å². The van der Waals surface area contributed by atoms with Crippen LogP contribution in [0.1, 0.15) is 6.42 Å². The third-order valence-electron chi connectivity index (χ3n) is 3.99. The molecule has 0 fully saturated rings. The van der Waals surface area contributed by atoms with E-state index < -0.39 is 9.84 Å². The average molecular weight is 329 g/mol. The maximum Gasteiger partial charge on any atom is 0.218 e. The van der Waals surface area contributed by atoms with Gasteiger partial charge in [-0.05, 0) is 30.3 Å². The molecule has 2 aromatic carbocycles. The number of sulfone groups is 1. The van der Waals surface area contributed by atoms with Crippen LogP contribution in [-0.4, -0.2) is 16.3 Å². The molecule has 1 aliphatic carbocycles. The fourth-order valence-corrected chi connectivity index (χ4v) is 4.45. The van der Waals surface area contributed by atoms with Gasteiger partial charge in [-0.25, -0.2) is 8.42 Å². The van der Waals surface area contributed by atoms with Crippen molar-refractivity contribution in [2.45, 2.75) is 11.3 Å². The lowest BCUT2D eigenvalue weighted by molar-refractivity contribution is 0.602. The molecule has 24 heavy (non-hydrogen) atoms. The Balaban J connectivity index is 2.07. The summed E-state index contributed by atoms with van der Waals surface area (Å²) in [6.07, 6.45) is 4.21. The van der Waals surface area contributed by atoms with E-state index >= 15 is 0 Å². The first kappa shape index (κ1) is 14.9. The first-order chi connectivity index (χ1) is 11.6. The maximum atomic E-state index is 13.0. The van der Waals surface area contributed by atoms with Gasteiger partial charge < -0.3 is 4.90 Å². The van der Waals surface area contributed by atoms with Gasteiger partial charge in [0.25, 0.3) is 0 Å². The number of anilines is 2. The topological polar surface area (TPSA) is 37.4 Å². The van der Waals surface area contributed by atoms with Gasteiger partial charge in [0, 0.05) is 12.1 Å². The monoisotopic (exact) mass is 329 g/mol. The zero-order valence-corrected chi connectivity index (χ0v) is 13.5. The second-order valence-electron chi connectivity index (χ2n) is 5.52. The lowest BCUT2D eigenvalue weighted by Crippen LogP contribution is -2.26. The molecule has 0 aromatic heterocycles. The van der Waals surface area contributed by atoms with Crippen molar-refractivity contribution in [2.24, 2.45) is 0 Å². The third-order valence-corrected chi connectivity index (χ3v) is 5.76. The number of allylic oxidation sites excluding steroid dienone is 3. The van der Waals surface area contributed by atoms with Crippen LogP contribution < -0.4 is 10.4 Å². The summed E-state index contributed by atoms with van der Waals surface area (Å²) in [4.78, 5) is 2.33. The van der Waals surface area contributed by atoms with Crippen molar-refractivity contribution in [1.82, 2.24) is 0 Å².